The lowest BCUT2D eigenvalue weighted by Gasteiger charge is -2.20. The number of sulfonamides is 2. The Hall–Kier alpha value is -9.30. The molecule has 10 rings (SSSR count). The Kier molecular flexibility index (Phi) is 14.3. The molecule has 0 spiro atoms. The summed E-state index contributed by atoms with van der Waals surface area (Å²) in [6.45, 7) is 0.305. The number of para-hydroxylation sites is 2. The standard InChI is InChI=1S/C58H38F5N7O5S2/c1-35(60)54(62)58(55(63)49(61)34-59)77(73,74)70-76(71,72)52-11-3-2-6-48(52)53-46-14-12-40(68-56-42(36-16-24-64-25-17-36)7-4-8-43(56)37-18-26-65-27-19-37)32-50(46)75-51-33-41(13-15-47(51)53)69-57-44(38-20-28-66-29-21-38)9-5-10-45(57)39-22-30-67-31-23-39/h2-33,68,70H,1,34H2/b55-49-,58-54-,69-41?. The van der Waals surface area contributed by atoms with Gasteiger partial charge in [-0.25, -0.2) is 43.8 Å². The van der Waals surface area contributed by atoms with Crippen molar-refractivity contribution in [2.24, 2.45) is 4.99 Å². The Balaban J connectivity index is 1.21. The number of halogens is 5. The van der Waals surface area contributed by atoms with Gasteiger partial charge in [0.15, 0.2) is 28.2 Å². The average Bonchev–Trinajstić information content (AvgIpc) is 3.45. The van der Waals surface area contributed by atoms with Gasteiger partial charge in [-0.1, -0.05) is 61.2 Å². The molecule has 0 unspecified atom stereocenters. The van der Waals surface area contributed by atoms with Crippen LogP contribution in [0.3, 0.4) is 0 Å². The van der Waals surface area contributed by atoms with Crippen molar-refractivity contribution < 1.29 is 43.2 Å². The molecule has 0 radical (unpaired) electrons. The third kappa shape index (κ3) is 10.4. The Morgan fingerprint density at radius 2 is 1.06 bits per heavy atom. The zero-order valence-corrected chi connectivity index (χ0v) is 41.5. The number of hydrogen-bond acceptors (Lipinski definition) is 11. The molecule has 0 fully saturated rings. The molecule has 5 heterocycles. The van der Waals surface area contributed by atoms with Crippen molar-refractivity contribution in [3.8, 4) is 67.0 Å². The summed E-state index contributed by atoms with van der Waals surface area (Å²) in [4.78, 5) is 18.8. The average molecular weight is 1070 g/mol. The van der Waals surface area contributed by atoms with Crippen LogP contribution in [0.25, 0.3) is 77.9 Å². The molecule has 2 aliphatic rings. The van der Waals surface area contributed by atoms with Gasteiger partial charge in [0.05, 0.1) is 21.6 Å². The molecule has 4 aromatic carbocycles. The first-order chi connectivity index (χ1) is 37.2. The van der Waals surface area contributed by atoms with Crippen molar-refractivity contribution in [2.45, 2.75) is 4.90 Å². The predicted molar refractivity (Wildman–Crippen MR) is 285 cm³/mol. The minimum atomic E-state index is -6.10. The molecule has 2 N–H and O–H groups in total. The fourth-order valence-corrected chi connectivity index (χ4v) is 12.0. The molecule has 0 saturated carbocycles. The van der Waals surface area contributed by atoms with Gasteiger partial charge in [-0.3, -0.25) is 19.9 Å². The number of benzene rings is 5. The van der Waals surface area contributed by atoms with Crippen LogP contribution in [0.4, 0.5) is 39.0 Å². The predicted octanol–water partition coefficient (Wildman–Crippen LogP) is 13.8. The number of alkyl halides is 1. The summed E-state index contributed by atoms with van der Waals surface area (Å²) in [6, 6.07) is 41.6. The minimum Gasteiger partial charge on any atom is -0.456 e. The smallest absolute Gasteiger partial charge is 0.259 e. The van der Waals surface area contributed by atoms with Gasteiger partial charge in [-0.15, -0.1) is 4.13 Å². The van der Waals surface area contributed by atoms with Crippen LogP contribution in [0, 0.1) is 0 Å². The lowest BCUT2D eigenvalue weighted by Crippen LogP contribution is -2.33. The summed E-state index contributed by atoms with van der Waals surface area (Å²) in [5.74, 6) is -9.79. The quantitative estimate of drug-likeness (QED) is 0.0572. The van der Waals surface area contributed by atoms with Gasteiger partial charge >= 0.3 is 0 Å². The number of anilines is 2. The van der Waals surface area contributed by atoms with E-state index in [1.54, 1.807) is 86.0 Å². The first-order valence-corrected chi connectivity index (χ1v) is 26.1. The van der Waals surface area contributed by atoms with Gasteiger partial charge in [0.2, 0.25) is 0 Å². The Morgan fingerprint density at radius 3 is 1.60 bits per heavy atom. The monoisotopic (exact) mass is 1070 g/mol. The maximum absolute atomic E-state index is 15.1. The van der Waals surface area contributed by atoms with Gasteiger partial charge in [0, 0.05) is 112 Å². The molecule has 1 aliphatic carbocycles. The highest BCUT2D eigenvalue weighted by Gasteiger charge is 2.37. The molecule has 4 aromatic heterocycles. The first-order valence-electron chi connectivity index (χ1n) is 23.2. The summed E-state index contributed by atoms with van der Waals surface area (Å²) in [7, 11) is -11.6. The molecule has 12 nitrogen and oxygen atoms in total. The van der Waals surface area contributed by atoms with Crippen molar-refractivity contribution in [3.63, 3.8) is 0 Å². The maximum atomic E-state index is 15.1. The number of aromatic nitrogens is 4. The fourth-order valence-electron chi connectivity index (χ4n) is 8.79. The van der Waals surface area contributed by atoms with E-state index in [1.807, 2.05) is 84.9 Å². The Morgan fingerprint density at radius 1 is 0.558 bits per heavy atom. The van der Waals surface area contributed by atoms with E-state index >= 15 is 8.78 Å². The molecule has 8 aromatic rings. The SMILES string of the molecule is C=C(F)/C(F)=C(\C(F)=C(\F)CF)S(=O)(=O)NS(=O)(=O)c1ccccc1-c1c2ccc(=Nc3c(-c4ccncc4)cccc3-c3ccncc3)cc-2oc2cc(Nc3c(-c4ccncc4)cccc3-c3ccncc3)ccc12. The van der Waals surface area contributed by atoms with Gasteiger partial charge in [-0.05, 0) is 101 Å². The molecular formula is C58H38F5N7O5S2. The molecule has 19 heteroatoms. The van der Waals surface area contributed by atoms with E-state index in [1.165, 1.54) is 22.3 Å². The van der Waals surface area contributed by atoms with Crippen molar-refractivity contribution in [1.82, 2.24) is 24.1 Å². The number of pyridine rings is 4. The summed E-state index contributed by atoms with van der Waals surface area (Å²) in [5, 5.41) is 4.28. The van der Waals surface area contributed by atoms with E-state index in [2.05, 4.69) is 31.8 Å². The molecule has 0 amide bonds. The zero-order valence-electron chi connectivity index (χ0n) is 39.9. The van der Waals surface area contributed by atoms with E-state index in [9.17, 15) is 30.0 Å². The maximum Gasteiger partial charge on any atom is 0.259 e. The molecule has 1 aliphatic heterocycles. The summed E-state index contributed by atoms with van der Waals surface area (Å²) in [6.07, 6.45) is 13.4. The lowest BCUT2D eigenvalue weighted by atomic mass is 9.93. The summed E-state index contributed by atoms with van der Waals surface area (Å²) < 4.78 is 136. The molecule has 77 heavy (non-hydrogen) atoms. The zero-order chi connectivity index (χ0) is 53.8. The number of nitrogens with one attached hydrogen (secondary N) is 2. The molecule has 0 saturated heterocycles. The van der Waals surface area contributed by atoms with E-state index < -0.39 is 59.8 Å². The van der Waals surface area contributed by atoms with Crippen molar-refractivity contribution >= 4 is 48.1 Å². The van der Waals surface area contributed by atoms with Crippen LogP contribution >= 0.6 is 0 Å². The molecule has 0 bridgehead atoms. The second kappa shape index (κ2) is 21.5. The molecular weight excluding hydrogens is 1030 g/mol. The largest absolute Gasteiger partial charge is 0.456 e. The summed E-state index contributed by atoms with van der Waals surface area (Å²) >= 11 is 0. The normalized spacial score (nSPS) is 12.8. The van der Waals surface area contributed by atoms with Gasteiger partial charge in [-0.2, -0.15) is 0 Å². The third-order valence-electron chi connectivity index (χ3n) is 12.2. The van der Waals surface area contributed by atoms with E-state index in [4.69, 9.17) is 9.41 Å². The van der Waals surface area contributed by atoms with Crippen LogP contribution in [0.5, 0.6) is 0 Å². The summed E-state index contributed by atoms with van der Waals surface area (Å²) in [5.41, 5.74) is 8.83. The van der Waals surface area contributed by atoms with Gasteiger partial charge in [0.25, 0.3) is 20.0 Å². The minimum absolute atomic E-state index is 0.149. The van der Waals surface area contributed by atoms with Gasteiger partial charge < -0.3 is 9.73 Å². The number of fused-ring (bicyclic) bond motifs is 2. The highest BCUT2D eigenvalue weighted by molar-refractivity contribution is 8.06. The van der Waals surface area contributed by atoms with Crippen LogP contribution in [0.15, 0.2) is 244 Å². The fraction of sp³-hybridized carbons (Fsp3) is 0.0172. The lowest BCUT2D eigenvalue weighted by molar-refractivity contribution is 0.430. The number of hydrogen-bond donors (Lipinski definition) is 2. The third-order valence-corrected chi connectivity index (χ3v) is 15.8. The van der Waals surface area contributed by atoms with Crippen LogP contribution in [-0.4, -0.2) is 43.4 Å². The highest BCUT2D eigenvalue weighted by atomic mass is 32.3. The van der Waals surface area contributed by atoms with Crippen LogP contribution in [0.1, 0.15) is 0 Å². The number of nitrogens with zero attached hydrogens (tertiary/aromatic N) is 5. The van der Waals surface area contributed by atoms with Crippen molar-refractivity contribution in [1.29, 1.82) is 0 Å². The van der Waals surface area contributed by atoms with Crippen LogP contribution < -0.4 is 14.8 Å². The van der Waals surface area contributed by atoms with E-state index in [0.717, 1.165) is 50.6 Å². The second-order valence-corrected chi connectivity index (χ2v) is 20.5. The first kappa shape index (κ1) is 51.2. The van der Waals surface area contributed by atoms with E-state index in [0.29, 0.717) is 33.4 Å². The van der Waals surface area contributed by atoms with Crippen LogP contribution in [0.2, 0.25) is 0 Å². The topological polar surface area (TPSA) is 169 Å². The highest BCUT2D eigenvalue weighted by Crippen LogP contribution is 2.45. The number of rotatable bonds is 15. The molecule has 0 atom stereocenters. The van der Waals surface area contributed by atoms with Crippen molar-refractivity contribution in [3.05, 3.63) is 235 Å². The second-order valence-electron chi connectivity index (χ2n) is 17.0. The Bertz CT molecular complexity index is 4130. The van der Waals surface area contributed by atoms with Crippen molar-refractivity contribution in [2.75, 3.05) is 12.0 Å². The van der Waals surface area contributed by atoms with Crippen LogP contribution in [-0.2, 0) is 20.0 Å². The number of allylic oxidation sites excluding steroid dienone is 4. The molecule has 382 valence electrons. The van der Waals surface area contributed by atoms with Gasteiger partial charge in [0.1, 0.15) is 18.0 Å². The van der Waals surface area contributed by atoms with E-state index in [-0.39, 0.29) is 22.5 Å². The Labute approximate surface area is 437 Å².